The molecule has 1 fully saturated rings. The van der Waals surface area contributed by atoms with Crippen LogP contribution in [0, 0.1) is 5.92 Å². The zero-order valence-electron chi connectivity index (χ0n) is 13.2. The van der Waals surface area contributed by atoms with Gasteiger partial charge in [-0.25, -0.2) is 0 Å². The van der Waals surface area contributed by atoms with E-state index in [1.54, 1.807) is 0 Å². The second-order valence-electron chi connectivity index (χ2n) is 6.35. The van der Waals surface area contributed by atoms with Crippen LogP contribution in [0.1, 0.15) is 37.6 Å². The Hall–Kier alpha value is -0.910. The highest BCUT2D eigenvalue weighted by Gasteiger charge is 2.23. The van der Waals surface area contributed by atoms with E-state index in [1.165, 1.54) is 30.8 Å². The van der Waals surface area contributed by atoms with E-state index in [1.807, 2.05) is 0 Å². The summed E-state index contributed by atoms with van der Waals surface area (Å²) in [4.78, 5) is 2.52. The Morgan fingerprint density at radius 1 is 1.43 bits per heavy atom. The third kappa shape index (κ3) is 4.05. The van der Waals surface area contributed by atoms with Crippen molar-refractivity contribution < 1.29 is 4.74 Å². The number of hydrogen-bond donors (Lipinski definition) is 1. The van der Waals surface area contributed by atoms with Crippen molar-refractivity contribution in [3.63, 3.8) is 0 Å². The van der Waals surface area contributed by atoms with E-state index >= 15 is 0 Å². The van der Waals surface area contributed by atoms with Crippen LogP contribution in [-0.4, -0.2) is 47.5 Å². The molecule has 1 saturated heterocycles. The summed E-state index contributed by atoms with van der Waals surface area (Å²) < 4.78 is 7.88. The molecular formula is C16H28N4O. The number of aromatic nitrogens is 2. The van der Waals surface area contributed by atoms with Gasteiger partial charge >= 0.3 is 0 Å². The Bertz CT molecular complexity index is 422. The van der Waals surface area contributed by atoms with Crippen LogP contribution in [0.25, 0.3) is 0 Å². The highest BCUT2D eigenvalue weighted by molar-refractivity contribution is 5.11. The van der Waals surface area contributed by atoms with Crippen LogP contribution < -0.4 is 5.32 Å². The van der Waals surface area contributed by atoms with E-state index in [9.17, 15) is 0 Å². The second kappa shape index (κ2) is 7.38. The molecule has 21 heavy (non-hydrogen) atoms. The Morgan fingerprint density at radius 3 is 3.29 bits per heavy atom. The average Bonchev–Trinajstić information content (AvgIpc) is 3.01. The van der Waals surface area contributed by atoms with Gasteiger partial charge in [-0.3, -0.25) is 9.58 Å². The molecule has 0 aliphatic carbocycles. The highest BCUT2D eigenvalue weighted by Crippen LogP contribution is 2.19. The van der Waals surface area contributed by atoms with Crippen molar-refractivity contribution in [1.82, 2.24) is 20.0 Å². The summed E-state index contributed by atoms with van der Waals surface area (Å²) in [6.45, 7) is 10.4. The average molecular weight is 292 g/mol. The lowest BCUT2D eigenvalue weighted by Crippen LogP contribution is -2.22. The largest absolute Gasteiger partial charge is 0.381 e. The van der Waals surface area contributed by atoms with Crippen LogP contribution in [0.4, 0.5) is 0 Å². The van der Waals surface area contributed by atoms with Gasteiger partial charge in [0.25, 0.3) is 0 Å². The summed E-state index contributed by atoms with van der Waals surface area (Å²) in [6.07, 6.45) is 3.55. The monoisotopic (exact) mass is 292 g/mol. The van der Waals surface area contributed by atoms with E-state index in [4.69, 9.17) is 9.84 Å². The summed E-state index contributed by atoms with van der Waals surface area (Å²) >= 11 is 0. The highest BCUT2D eigenvalue weighted by atomic mass is 16.5. The van der Waals surface area contributed by atoms with Crippen molar-refractivity contribution >= 4 is 0 Å². The van der Waals surface area contributed by atoms with Gasteiger partial charge in [-0.1, -0.05) is 6.92 Å². The molecule has 3 rings (SSSR count). The van der Waals surface area contributed by atoms with Gasteiger partial charge in [0.05, 0.1) is 18.0 Å². The molecule has 0 amide bonds. The molecule has 118 valence electrons. The number of aryl methyl sites for hydroxylation is 1. The standard InChI is InChI=1S/C16H28N4O/c1-2-8-21-13-14-4-7-19(11-14)12-15-9-16-10-17-5-3-6-20(16)18-15/h9,14,17H,2-8,10-13H2,1H3/t14-/m0/s1. The molecule has 5 nitrogen and oxygen atoms in total. The van der Waals surface area contributed by atoms with Crippen molar-refractivity contribution in [2.75, 3.05) is 32.8 Å². The number of ether oxygens (including phenoxy) is 1. The van der Waals surface area contributed by atoms with Gasteiger partial charge in [-0.2, -0.15) is 5.10 Å². The van der Waals surface area contributed by atoms with Gasteiger partial charge in [0.2, 0.25) is 0 Å². The smallest absolute Gasteiger partial charge is 0.0768 e. The number of nitrogens with one attached hydrogen (secondary N) is 1. The van der Waals surface area contributed by atoms with Gasteiger partial charge in [0, 0.05) is 32.8 Å². The van der Waals surface area contributed by atoms with Crippen molar-refractivity contribution in [2.45, 2.75) is 45.8 Å². The lowest BCUT2D eigenvalue weighted by Gasteiger charge is -2.14. The Balaban J connectivity index is 1.49. The van der Waals surface area contributed by atoms with Crippen molar-refractivity contribution in [1.29, 1.82) is 0 Å². The minimum atomic E-state index is 0.707. The molecule has 1 atom stereocenters. The van der Waals surface area contributed by atoms with Crippen LogP contribution in [0.3, 0.4) is 0 Å². The molecule has 2 aliphatic rings. The Kier molecular flexibility index (Phi) is 5.27. The van der Waals surface area contributed by atoms with Crippen molar-refractivity contribution in [3.05, 3.63) is 17.5 Å². The quantitative estimate of drug-likeness (QED) is 0.809. The maximum atomic E-state index is 5.69. The Morgan fingerprint density at radius 2 is 2.38 bits per heavy atom. The first-order valence-corrected chi connectivity index (χ1v) is 8.41. The van der Waals surface area contributed by atoms with Gasteiger partial charge in [0.1, 0.15) is 0 Å². The van der Waals surface area contributed by atoms with E-state index in [0.717, 1.165) is 52.4 Å². The molecule has 0 radical (unpaired) electrons. The van der Waals surface area contributed by atoms with Gasteiger partial charge in [0.15, 0.2) is 0 Å². The number of nitrogens with zero attached hydrogens (tertiary/aromatic N) is 3. The summed E-state index contributed by atoms with van der Waals surface area (Å²) in [5.41, 5.74) is 2.56. The lowest BCUT2D eigenvalue weighted by molar-refractivity contribution is 0.101. The number of rotatable bonds is 6. The normalized spacial score (nSPS) is 23.2. The van der Waals surface area contributed by atoms with Gasteiger partial charge in [-0.05, 0) is 44.3 Å². The van der Waals surface area contributed by atoms with Crippen LogP contribution >= 0.6 is 0 Å². The summed E-state index contributed by atoms with van der Waals surface area (Å²) in [5.74, 6) is 0.707. The minimum Gasteiger partial charge on any atom is -0.381 e. The summed E-state index contributed by atoms with van der Waals surface area (Å²) in [6, 6.07) is 2.28. The molecule has 1 N–H and O–H groups in total. The van der Waals surface area contributed by atoms with E-state index in [0.29, 0.717) is 5.92 Å². The molecule has 0 unspecified atom stereocenters. The Labute approximate surface area is 127 Å². The predicted molar refractivity (Wildman–Crippen MR) is 83.0 cm³/mol. The zero-order valence-corrected chi connectivity index (χ0v) is 13.2. The van der Waals surface area contributed by atoms with Crippen LogP contribution in [-0.2, 0) is 24.4 Å². The third-order valence-corrected chi connectivity index (χ3v) is 4.40. The molecular weight excluding hydrogens is 264 g/mol. The van der Waals surface area contributed by atoms with Gasteiger partial charge in [-0.15, -0.1) is 0 Å². The molecule has 0 spiro atoms. The fourth-order valence-electron chi connectivity index (χ4n) is 3.31. The summed E-state index contributed by atoms with van der Waals surface area (Å²) in [7, 11) is 0. The topological polar surface area (TPSA) is 42.3 Å². The maximum absolute atomic E-state index is 5.69. The van der Waals surface area contributed by atoms with E-state index < -0.39 is 0 Å². The molecule has 1 aromatic heterocycles. The first-order valence-electron chi connectivity index (χ1n) is 8.41. The fourth-order valence-corrected chi connectivity index (χ4v) is 3.31. The third-order valence-electron chi connectivity index (χ3n) is 4.40. The molecule has 1 aromatic rings. The predicted octanol–water partition coefficient (Wildman–Crippen LogP) is 1.62. The van der Waals surface area contributed by atoms with Gasteiger partial charge < -0.3 is 10.1 Å². The molecule has 3 heterocycles. The molecule has 5 heteroatoms. The number of likely N-dealkylation sites (tertiary alicyclic amines) is 1. The van der Waals surface area contributed by atoms with Crippen molar-refractivity contribution in [3.8, 4) is 0 Å². The first kappa shape index (κ1) is 15.0. The molecule has 0 aromatic carbocycles. The minimum absolute atomic E-state index is 0.707. The van der Waals surface area contributed by atoms with Crippen LogP contribution in [0.5, 0.6) is 0 Å². The fraction of sp³-hybridized carbons (Fsp3) is 0.812. The zero-order chi connectivity index (χ0) is 14.5. The maximum Gasteiger partial charge on any atom is 0.0768 e. The molecule has 0 saturated carbocycles. The van der Waals surface area contributed by atoms with E-state index in [-0.39, 0.29) is 0 Å². The van der Waals surface area contributed by atoms with Crippen LogP contribution in [0.15, 0.2) is 6.07 Å². The van der Waals surface area contributed by atoms with Crippen molar-refractivity contribution in [2.24, 2.45) is 5.92 Å². The van der Waals surface area contributed by atoms with E-state index in [2.05, 4.69) is 27.9 Å². The lowest BCUT2D eigenvalue weighted by atomic mass is 10.1. The summed E-state index contributed by atoms with van der Waals surface area (Å²) in [5, 5.41) is 8.23. The molecule has 0 bridgehead atoms. The number of hydrogen-bond acceptors (Lipinski definition) is 4. The molecule has 2 aliphatic heterocycles. The SMILES string of the molecule is CCCOC[C@H]1CCN(Cc2cc3n(n2)CCCNC3)C1. The number of fused-ring (bicyclic) bond motifs is 1. The first-order chi connectivity index (χ1) is 10.3. The van der Waals surface area contributed by atoms with Crippen LogP contribution in [0.2, 0.25) is 0 Å². The second-order valence-corrected chi connectivity index (χ2v) is 6.35.